The third-order valence-corrected chi connectivity index (χ3v) is 10.5. The van der Waals surface area contributed by atoms with Crippen molar-refractivity contribution in [1.29, 1.82) is 0 Å². The molecule has 0 saturated carbocycles. The summed E-state index contributed by atoms with van der Waals surface area (Å²) in [6, 6.07) is 15.5. The molecule has 9 nitrogen and oxygen atoms in total. The van der Waals surface area contributed by atoms with E-state index in [-0.39, 0.29) is 30.2 Å². The number of carbonyl (C=O) groups is 3. The Balaban J connectivity index is 1.46. The minimum absolute atomic E-state index is 0.0894. The van der Waals surface area contributed by atoms with Crippen molar-refractivity contribution in [2.24, 2.45) is 17.8 Å². The molecule has 0 radical (unpaired) electrons. The van der Waals surface area contributed by atoms with E-state index in [9.17, 15) is 19.5 Å². The Labute approximate surface area is 271 Å². The van der Waals surface area contributed by atoms with Crippen LogP contribution in [0.1, 0.15) is 46.1 Å². The largest absolute Gasteiger partial charge is 0.494 e. The quantitative estimate of drug-likeness (QED) is 0.394. The van der Waals surface area contributed by atoms with Crippen LogP contribution in [-0.4, -0.2) is 82.2 Å². The minimum Gasteiger partial charge on any atom is -0.494 e. The molecule has 2 fully saturated rings. The average molecular weight is 628 g/mol. The molecular weight excluding hydrogens is 582 g/mol. The molecule has 4 heterocycles. The Morgan fingerprint density at radius 1 is 0.913 bits per heavy atom. The Kier molecular flexibility index (Phi) is 8.83. The van der Waals surface area contributed by atoms with Crippen molar-refractivity contribution >= 4 is 23.4 Å². The molecule has 0 aliphatic carbocycles. The molecule has 0 aromatic heterocycles. The van der Waals surface area contributed by atoms with Gasteiger partial charge in [-0.25, -0.2) is 0 Å². The second-order valence-corrected chi connectivity index (χ2v) is 12.9. The maximum Gasteiger partial charge on any atom is 0.249 e. The first-order chi connectivity index (χ1) is 22.2. The van der Waals surface area contributed by atoms with Gasteiger partial charge in [-0.05, 0) is 49.1 Å². The standard InChI is InChI=1S/C37H45N3O6/c1-5-25(4)29(24-41)40-32-35(44)38(23-26-13-9-8-10-14-26)21-12-20-37(32)31(34(40)43)30-33(42)39(22-11-19-36(30,6-2)46-37)27-15-17-28(18-16-27)45-7-3/h8-20,25,29-32,41H,5-7,21-24H2,1-4H3/t25-,29-,30+,31-,32?,36-,37-/m0/s1. The van der Waals surface area contributed by atoms with E-state index in [1.165, 1.54) is 0 Å². The van der Waals surface area contributed by atoms with Gasteiger partial charge in [-0.1, -0.05) is 81.8 Å². The van der Waals surface area contributed by atoms with Crippen molar-refractivity contribution < 1.29 is 29.0 Å². The summed E-state index contributed by atoms with van der Waals surface area (Å²) in [4.78, 5) is 49.6. The summed E-state index contributed by atoms with van der Waals surface area (Å²) in [7, 11) is 0. The van der Waals surface area contributed by atoms with Gasteiger partial charge < -0.3 is 29.3 Å². The molecule has 46 heavy (non-hydrogen) atoms. The van der Waals surface area contributed by atoms with E-state index in [0.717, 1.165) is 5.56 Å². The fourth-order valence-corrected chi connectivity index (χ4v) is 7.98. The van der Waals surface area contributed by atoms with E-state index in [1.807, 2.05) is 107 Å². The normalized spacial score (nSPS) is 30.1. The number of carbonyl (C=O) groups excluding carboxylic acids is 3. The maximum atomic E-state index is 14.9. The molecule has 4 aliphatic rings. The molecular formula is C37H45N3O6. The van der Waals surface area contributed by atoms with Crippen molar-refractivity contribution in [1.82, 2.24) is 9.80 Å². The zero-order chi connectivity index (χ0) is 32.6. The lowest BCUT2D eigenvalue weighted by molar-refractivity contribution is -0.157. The summed E-state index contributed by atoms with van der Waals surface area (Å²) >= 11 is 0. The molecule has 6 rings (SSSR count). The SMILES string of the molecule is CCOc1ccc(N2CC=C[C@]3(CC)O[C@]45C=CCN(Cc6ccccc6)C(=O)C4N([C@@H](CO)[C@@H](C)CC)C(=O)[C@@H]5[C@@H]3C2=O)cc1. The van der Waals surface area contributed by atoms with Gasteiger partial charge in [0, 0.05) is 25.3 Å². The van der Waals surface area contributed by atoms with Gasteiger partial charge in [0.05, 0.1) is 36.7 Å². The van der Waals surface area contributed by atoms with Crippen LogP contribution in [0.4, 0.5) is 5.69 Å². The van der Waals surface area contributed by atoms with E-state index in [0.29, 0.717) is 50.5 Å². The zero-order valence-electron chi connectivity index (χ0n) is 27.2. The molecule has 3 amide bonds. The molecule has 4 aliphatic heterocycles. The van der Waals surface area contributed by atoms with Crippen molar-refractivity contribution in [3.05, 3.63) is 84.5 Å². The van der Waals surface area contributed by atoms with Gasteiger partial charge >= 0.3 is 0 Å². The Morgan fingerprint density at radius 2 is 1.63 bits per heavy atom. The molecule has 2 saturated heterocycles. The number of hydrogen-bond acceptors (Lipinski definition) is 6. The third kappa shape index (κ3) is 5.04. The highest BCUT2D eigenvalue weighted by Gasteiger charge is 2.76. The molecule has 1 N–H and O–H groups in total. The molecule has 0 bridgehead atoms. The smallest absolute Gasteiger partial charge is 0.249 e. The summed E-state index contributed by atoms with van der Waals surface area (Å²) < 4.78 is 12.7. The van der Waals surface area contributed by atoms with Crippen molar-refractivity contribution in [2.75, 3.05) is 31.2 Å². The van der Waals surface area contributed by atoms with Crippen LogP contribution in [0.3, 0.4) is 0 Å². The molecule has 2 aromatic carbocycles. The highest BCUT2D eigenvalue weighted by molar-refractivity contribution is 6.04. The number of aliphatic hydroxyl groups excluding tert-OH is 1. The van der Waals surface area contributed by atoms with Gasteiger partial charge in [-0.3, -0.25) is 14.4 Å². The van der Waals surface area contributed by atoms with Crippen LogP contribution in [0.25, 0.3) is 0 Å². The van der Waals surface area contributed by atoms with Gasteiger partial charge in [-0.2, -0.15) is 0 Å². The van der Waals surface area contributed by atoms with E-state index >= 15 is 0 Å². The van der Waals surface area contributed by atoms with E-state index in [2.05, 4.69) is 0 Å². The summed E-state index contributed by atoms with van der Waals surface area (Å²) in [6.45, 7) is 9.13. The summed E-state index contributed by atoms with van der Waals surface area (Å²) in [6.07, 6.45) is 8.81. The van der Waals surface area contributed by atoms with Crippen LogP contribution in [-0.2, 0) is 25.7 Å². The maximum absolute atomic E-state index is 14.9. The Morgan fingerprint density at radius 3 is 2.28 bits per heavy atom. The van der Waals surface area contributed by atoms with Gasteiger partial charge in [0.2, 0.25) is 17.7 Å². The van der Waals surface area contributed by atoms with Crippen LogP contribution in [0.2, 0.25) is 0 Å². The molecule has 1 unspecified atom stereocenters. The monoisotopic (exact) mass is 627 g/mol. The van der Waals surface area contributed by atoms with Crippen LogP contribution < -0.4 is 9.64 Å². The topological polar surface area (TPSA) is 99.6 Å². The van der Waals surface area contributed by atoms with Gasteiger partial charge in [0.15, 0.2) is 0 Å². The van der Waals surface area contributed by atoms with Crippen LogP contribution in [0, 0.1) is 17.8 Å². The fraction of sp³-hybridized carbons (Fsp3) is 0.486. The lowest BCUT2D eigenvalue weighted by Crippen LogP contribution is -2.59. The number of amides is 3. The van der Waals surface area contributed by atoms with Crippen molar-refractivity contribution in [3.8, 4) is 5.75 Å². The molecule has 2 aromatic rings. The first kappa shape index (κ1) is 32.0. The number of likely N-dealkylation sites (tertiary alicyclic amines) is 1. The first-order valence-electron chi connectivity index (χ1n) is 16.6. The summed E-state index contributed by atoms with van der Waals surface area (Å²) in [5, 5.41) is 10.7. The van der Waals surface area contributed by atoms with Crippen LogP contribution >= 0.6 is 0 Å². The number of rotatable bonds is 10. The zero-order valence-corrected chi connectivity index (χ0v) is 27.2. The second-order valence-electron chi connectivity index (χ2n) is 12.9. The van der Waals surface area contributed by atoms with Gasteiger partial charge in [0.1, 0.15) is 17.4 Å². The average Bonchev–Trinajstić information content (AvgIpc) is 3.37. The highest BCUT2D eigenvalue weighted by atomic mass is 16.5. The van der Waals surface area contributed by atoms with E-state index in [4.69, 9.17) is 9.47 Å². The lowest BCUT2D eigenvalue weighted by Gasteiger charge is -2.42. The fourth-order valence-electron chi connectivity index (χ4n) is 7.98. The molecule has 244 valence electrons. The predicted octanol–water partition coefficient (Wildman–Crippen LogP) is 4.35. The summed E-state index contributed by atoms with van der Waals surface area (Å²) in [5.74, 6) is -1.99. The Hall–Kier alpha value is -3.95. The highest BCUT2D eigenvalue weighted by Crippen LogP contribution is 2.59. The predicted molar refractivity (Wildman–Crippen MR) is 175 cm³/mol. The number of fused-ring (bicyclic) bond motifs is 2. The van der Waals surface area contributed by atoms with E-state index < -0.39 is 35.1 Å². The van der Waals surface area contributed by atoms with Crippen molar-refractivity contribution in [2.45, 2.75) is 70.4 Å². The first-order valence-corrected chi connectivity index (χ1v) is 16.6. The van der Waals surface area contributed by atoms with Gasteiger partial charge in [0.25, 0.3) is 0 Å². The van der Waals surface area contributed by atoms with Crippen LogP contribution in [0.5, 0.6) is 5.75 Å². The van der Waals surface area contributed by atoms with Gasteiger partial charge in [-0.15, -0.1) is 0 Å². The lowest BCUT2D eigenvalue weighted by atomic mass is 9.73. The molecule has 7 atom stereocenters. The number of benzene rings is 2. The summed E-state index contributed by atoms with van der Waals surface area (Å²) in [5.41, 5.74) is -0.811. The Bertz CT molecular complexity index is 1510. The number of nitrogens with zero attached hydrogens (tertiary/aromatic N) is 3. The number of ether oxygens (including phenoxy) is 2. The molecule has 1 spiro atoms. The third-order valence-electron chi connectivity index (χ3n) is 10.5. The second kappa shape index (κ2) is 12.7. The number of aliphatic hydroxyl groups is 1. The number of hydrogen-bond donors (Lipinski definition) is 1. The van der Waals surface area contributed by atoms with Crippen molar-refractivity contribution in [3.63, 3.8) is 0 Å². The number of anilines is 1. The van der Waals surface area contributed by atoms with Crippen LogP contribution in [0.15, 0.2) is 78.9 Å². The van der Waals surface area contributed by atoms with E-state index in [1.54, 1.807) is 14.7 Å². The minimum atomic E-state index is -1.39. The molecule has 9 heteroatoms.